The number of nitro groups is 1. The number of thioether (sulfide) groups is 1. The number of unbranched alkanes of at least 4 members (excludes halogenated alkanes) is 1. The number of rotatable bonds is 15. The van der Waals surface area contributed by atoms with Crippen molar-refractivity contribution in [3.63, 3.8) is 0 Å². The molecule has 14 heteroatoms. The van der Waals surface area contributed by atoms with Gasteiger partial charge in [-0.3, -0.25) is 24.5 Å². The Labute approximate surface area is 236 Å². The number of carbonyl (C=O) groups is 4. The first kappa shape index (κ1) is 31.1. The molecular weight excluding hydrogens is 542 g/mol. The van der Waals surface area contributed by atoms with Crippen LogP contribution in [-0.2, 0) is 20.9 Å². The van der Waals surface area contributed by atoms with E-state index >= 15 is 0 Å². The van der Waals surface area contributed by atoms with E-state index in [4.69, 9.17) is 5.11 Å². The number of nitrogens with zero attached hydrogens (tertiary/aromatic N) is 1. The van der Waals surface area contributed by atoms with E-state index in [-0.39, 0.29) is 66.6 Å². The summed E-state index contributed by atoms with van der Waals surface area (Å²) < 4.78 is -0.899. The van der Waals surface area contributed by atoms with E-state index in [1.165, 1.54) is 36.9 Å². The molecule has 3 rings (SSSR count). The first-order valence-electron chi connectivity index (χ1n) is 13.4. The smallest absolute Gasteiger partial charge is 0.315 e. The Morgan fingerprint density at radius 2 is 1.95 bits per heavy atom. The molecule has 0 aliphatic carbocycles. The minimum Gasteiger partial charge on any atom is -0.481 e. The maximum absolute atomic E-state index is 13.5. The maximum atomic E-state index is 13.5. The van der Waals surface area contributed by atoms with Crippen molar-refractivity contribution in [2.45, 2.75) is 94.3 Å². The van der Waals surface area contributed by atoms with Crippen molar-refractivity contribution in [3.8, 4) is 0 Å². The van der Waals surface area contributed by atoms with Gasteiger partial charge in [-0.2, -0.15) is 0 Å². The second-order valence-corrected chi connectivity index (χ2v) is 11.7. The van der Waals surface area contributed by atoms with Crippen LogP contribution in [-0.4, -0.2) is 67.6 Å². The number of hydrogen-bond donors (Lipinski definition) is 6. The van der Waals surface area contributed by atoms with Crippen LogP contribution in [0.1, 0.15) is 76.0 Å². The zero-order chi connectivity index (χ0) is 29.4. The van der Waals surface area contributed by atoms with Crippen LogP contribution < -0.4 is 21.3 Å². The average Bonchev–Trinajstić information content (AvgIpc) is 3.42. The second kappa shape index (κ2) is 13.8. The van der Waals surface area contributed by atoms with Crippen LogP contribution in [0.2, 0.25) is 0 Å². The van der Waals surface area contributed by atoms with Crippen molar-refractivity contribution in [1.82, 2.24) is 21.3 Å². The predicted molar refractivity (Wildman–Crippen MR) is 148 cm³/mol. The third kappa shape index (κ3) is 7.84. The van der Waals surface area contributed by atoms with Gasteiger partial charge in [-0.15, -0.1) is 11.8 Å². The van der Waals surface area contributed by atoms with Crippen LogP contribution in [0.3, 0.4) is 0 Å². The Balaban J connectivity index is 1.48. The lowest BCUT2D eigenvalue weighted by Crippen LogP contribution is -2.57. The molecule has 2 heterocycles. The summed E-state index contributed by atoms with van der Waals surface area (Å²) in [5, 5.41) is 41.4. The maximum Gasteiger partial charge on any atom is 0.315 e. The largest absolute Gasteiger partial charge is 0.481 e. The molecule has 2 fully saturated rings. The standard InChI is InChI=1S/C26H37N5O8S/c1-15(6-5-7-21(33)27-13-17-9-10-20(31(38)39)18(12-17)16(2)32)28-24(36)26(11-4-3-8-22(34)35)23-19(14-40-26)29-25(37)30-23/h9-10,12,15-16,19,23,32H,3-8,11,13-14H2,1-2H3,(H,27,33)(H,28,36)(H,34,35)(H2,29,30,37)/t15?,16?,19-,23-,26-/m0/s1. The number of aliphatic carboxylic acids is 1. The fourth-order valence-electron chi connectivity index (χ4n) is 5.15. The summed E-state index contributed by atoms with van der Waals surface area (Å²) in [7, 11) is 0. The highest BCUT2D eigenvalue weighted by molar-refractivity contribution is 8.01. The number of carboxylic acid groups (broad SMARTS) is 1. The molecule has 40 heavy (non-hydrogen) atoms. The first-order valence-corrected chi connectivity index (χ1v) is 14.4. The number of amides is 4. The van der Waals surface area contributed by atoms with Crippen LogP contribution in [0.25, 0.3) is 0 Å². The number of carboxylic acids is 1. The highest BCUT2D eigenvalue weighted by atomic mass is 32.2. The number of urea groups is 1. The highest BCUT2D eigenvalue weighted by Crippen LogP contribution is 2.44. The van der Waals surface area contributed by atoms with Gasteiger partial charge in [0.1, 0.15) is 4.75 Å². The molecule has 0 bridgehead atoms. The Kier molecular flexibility index (Phi) is 10.7. The first-order chi connectivity index (χ1) is 18.9. The van der Waals surface area contributed by atoms with Gasteiger partial charge in [0.05, 0.1) is 28.7 Å². The van der Waals surface area contributed by atoms with E-state index in [1.54, 1.807) is 0 Å². The third-order valence-electron chi connectivity index (χ3n) is 7.25. The lowest BCUT2D eigenvalue weighted by Gasteiger charge is -2.33. The summed E-state index contributed by atoms with van der Waals surface area (Å²) in [6, 6.07) is 3.25. The van der Waals surface area contributed by atoms with E-state index in [9.17, 15) is 34.4 Å². The summed E-state index contributed by atoms with van der Waals surface area (Å²) >= 11 is 1.48. The van der Waals surface area contributed by atoms with Gasteiger partial charge in [0.15, 0.2) is 0 Å². The van der Waals surface area contributed by atoms with E-state index in [0.717, 1.165) is 0 Å². The molecule has 220 valence electrons. The predicted octanol–water partition coefficient (Wildman–Crippen LogP) is 2.12. The SMILES string of the molecule is CC(CCCC(=O)NCc1ccc([N+](=O)[O-])c(C(C)O)c1)NC(=O)[C@@]1(CCCCC(=O)O)SC[C@@H]2NC(=O)N[C@@H]21. The fraction of sp³-hybridized carbons (Fsp3) is 0.615. The number of nitrogens with one attached hydrogen (secondary N) is 4. The molecule has 1 aromatic carbocycles. The Bertz CT molecular complexity index is 1130. The molecule has 2 aliphatic rings. The van der Waals surface area contributed by atoms with E-state index < -0.39 is 21.7 Å². The molecular formula is C26H37N5O8S. The summed E-state index contributed by atoms with van der Waals surface area (Å²) in [6.45, 7) is 3.45. The molecule has 0 spiro atoms. The van der Waals surface area contributed by atoms with Crippen LogP contribution in [0.5, 0.6) is 0 Å². The van der Waals surface area contributed by atoms with Gasteiger partial charge in [-0.25, -0.2) is 4.79 Å². The molecule has 1 aromatic rings. The zero-order valence-corrected chi connectivity index (χ0v) is 23.4. The second-order valence-electron chi connectivity index (χ2n) is 10.4. The lowest BCUT2D eigenvalue weighted by atomic mass is 9.88. The molecule has 6 N–H and O–H groups in total. The fourth-order valence-corrected chi connectivity index (χ4v) is 6.78. The van der Waals surface area contributed by atoms with Crippen LogP contribution >= 0.6 is 11.8 Å². The monoisotopic (exact) mass is 579 g/mol. The lowest BCUT2D eigenvalue weighted by molar-refractivity contribution is -0.386. The Morgan fingerprint density at radius 3 is 2.62 bits per heavy atom. The van der Waals surface area contributed by atoms with Gasteiger partial charge in [-0.1, -0.05) is 12.5 Å². The Morgan fingerprint density at radius 1 is 1.20 bits per heavy atom. The number of carbonyl (C=O) groups excluding carboxylic acids is 3. The molecule has 0 radical (unpaired) electrons. The number of nitro benzene ring substituents is 1. The summed E-state index contributed by atoms with van der Waals surface area (Å²) in [6.07, 6.45) is 1.68. The molecule has 13 nitrogen and oxygen atoms in total. The summed E-state index contributed by atoms with van der Waals surface area (Å²) in [5.74, 6) is -0.716. The number of aliphatic hydroxyl groups is 1. The third-order valence-corrected chi connectivity index (χ3v) is 8.93. The van der Waals surface area contributed by atoms with Crippen molar-refractivity contribution < 1.29 is 34.3 Å². The van der Waals surface area contributed by atoms with Gasteiger partial charge < -0.3 is 31.5 Å². The van der Waals surface area contributed by atoms with E-state index in [1.807, 2.05) is 6.92 Å². The molecule has 0 saturated carbocycles. The van der Waals surface area contributed by atoms with Gasteiger partial charge in [-0.05, 0) is 51.2 Å². The van der Waals surface area contributed by atoms with Crippen LogP contribution in [0.4, 0.5) is 10.5 Å². The topological polar surface area (TPSA) is 200 Å². The number of hydrogen-bond acceptors (Lipinski definition) is 8. The van der Waals surface area contributed by atoms with Gasteiger partial charge in [0.25, 0.3) is 5.69 Å². The minimum absolute atomic E-state index is 0.0193. The summed E-state index contributed by atoms with van der Waals surface area (Å²) in [5.41, 5.74) is 0.631. The quantitative estimate of drug-likeness (QED) is 0.0779. The molecule has 0 aromatic heterocycles. The van der Waals surface area contributed by atoms with Gasteiger partial charge >= 0.3 is 12.0 Å². The van der Waals surface area contributed by atoms with Crippen molar-refractivity contribution in [1.29, 1.82) is 0 Å². The van der Waals surface area contributed by atoms with Crippen molar-refractivity contribution in [2.24, 2.45) is 0 Å². The van der Waals surface area contributed by atoms with Crippen molar-refractivity contribution in [2.75, 3.05) is 5.75 Å². The van der Waals surface area contributed by atoms with Gasteiger partial charge in [0, 0.05) is 37.2 Å². The zero-order valence-electron chi connectivity index (χ0n) is 22.6. The van der Waals surface area contributed by atoms with E-state index in [2.05, 4.69) is 21.3 Å². The normalized spacial score (nSPS) is 22.9. The molecule has 2 aliphatic heterocycles. The molecule has 5 atom stereocenters. The van der Waals surface area contributed by atoms with Crippen LogP contribution in [0.15, 0.2) is 18.2 Å². The highest BCUT2D eigenvalue weighted by Gasteiger charge is 2.57. The van der Waals surface area contributed by atoms with Crippen molar-refractivity contribution >= 4 is 41.3 Å². The Hall–Kier alpha value is -3.39. The number of benzene rings is 1. The average molecular weight is 580 g/mol. The van der Waals surface area contributed by atoms with Crippen molar-refractivity contribution in [3.05, 3.63) is 39.4 Å². The van der Waals surface area contributed by atoms with Crippen LogP contribution in [0, 0.1) is 10.1 Å². The molecule has 2 unspecified atom stereocenters. The summed E-state index contributed by atoms with van der Waals surface area (Å²) in [4.78, 5) is 59.3. The minimum atomic E-state index is -1.02. The van der Waals surface area contributed by atoms with E-state index in [0.29, 0.717) is 43.4 Å². The number of fused-ring (bicyclic) bond motifs is 1. The molecule has 2 saturated heterocycles. The molecule has 4 amide bonds. The van der Waals surface area contributed by atoms with Gasteiger partial charge in [0.2, 0.25) is 11.8 Å². The number of aliphatic hydroxyl groups excluding tert-OH is 1.